The highest BCUT2D eigenvalue weighted by Gasteiger charge is 2.33. The molecule has 0 spiro atoms. The van der Waals surface area contributed by atoms with Crippen molar-refractivity contribution in [2.75, 3.05) is 10.2 Å². The fourth-order valence-corrected chi connectivity index (χ4v) is 3.96. The van der Waals surface area contributed by atoms with Gasteiger partial charge in [-0.1, -0.05) is 66.2 Å². The third-order valence-corrected chi connectivity index (χ3v) is 5.73. The van der Waals surface area contributed by atoms with Crippen molar-refractivity contribution in [3.8, 4) is 5.75 Å². The van der Waals surface area contributed by atoms with Crippen LogP contribution >= 0.6 is 11.6 Å². The number of para-hydroxylation sites is 2. The number of hydrogen-bond acceptors (Lipinski definition) is 3. The molecule has 0 radical (unpaired) electrons. The van der Waals surface area contributed by atoms with Crippen molar-refractivity contribution in [3.63, 3.8) is 0 Å². The van der Waals surface area contributed by atoms with Crippen LogP contribution in [0, 0.1) is 0 Å². The van der Waals surface area contributed by atoms with Gasteiger partial charge in [-0.05, 0) is 59.7 Å². The molecule has 1 aliphatic rings. The van der Waals surface area contributed by atoms with Gasteiger partial charge in [-0.3, -0.25) is 9.69 Å². The minimum atomic E-state index is -0.329. The summed E-state index contributed by atoms with van der Waals surface area (Å²) in [6.45, 7) is 0.459. The van der Waals surface area contributed by atoms with E-state index in [1.54, 1.807) is 4.90 Å². The fraction of sp³-hybridized carbons (Fsp3) is 0.0741. The molecule has 4 nitrogen and oxygen atoms in total. The van der Waals surface area contributed by atoms with Gasteiger partial charge in [0.25, 0.3) is 5.91 Å². The number of nitrogens with one attached hydrogen (secondary N) is 1. The van der Waals surface area contributed by atoms with Crippen LogP contribution in [0.3, 0.4) is 0 Å². The van der Waals surface area contributed by atoms with Gasteiger partial charge in [-0.15, -0.1) is 0 Å². The van der Waals surface area contributed by atoms with Crippen molar-refractivity contribution < 1.29 is 9.53 Å². The van der Waals surface area contributed by atoms with Gasteiger partial charge < -0.3 is 10.1 Å². The maximum Gasteiger partial charge on any atom is 0.262 e. The maximum absolute atomic E-state index is 13.4. The van der Waals surface area contributed by atoms with Crippen molar-refractivity contribution in [3.05, 3.63) is 125 Å². The van der Waals surface area contributed by atoms with Crippen molar-refractivity contribution >= 4 is 28.9 Å². The first-order valence-corrected chi connectivity index (χ1v) is 10.8. The quantitative estimate of drug-likeness (QED) is 0.376. The first kappa shape index (κ1) is 20.2. The summed E-state index contributed by atoms with van der Waals surface area (Å²) in [5, 5.41) is 4.23. The monoisotopic (exact) mass is 440 g/mol. The molecule has 0 saturated heterocycles. The molecule has 1 N–H and O–H groups in total. The molecule has 1 aliphatic heterocycles. The summed E-state index contributed by atoms with van der Waals surface area (Å²) in [6.07, 6.45) is -0.329. The van der Waals surface area contributed by atoms with Gasteiger partial charge in [-0.2, -0.15) is 0 Å². The average Bonchev–Trinajstić information content (AvgIpc) is 2.84. The third kappa shape index (κ3) is 4.05. The van der Waals surface area contributed by atoms with Gasteiger partial charge in [0.15, 0.2) is 0 Å². The molecule has 1 amide bonds. The summed E-state index contributed by atoms with van der Waals surface area (Å²) in [5.41, 5.74) is 4.35. The number of carbonyl (C=O) groups is 1. The lowest BCUT2D eigenvalue weighted by Gasteiger charge is -2.38. The van der Waals surface area contributed by atoms with Crippen molar-refractivity contribution in [1.82, 2.24) is 0 Å². The number of benzene rings is 4. The Hall–Kier alpha value is -3.76. The van der Waals surface area contributed by atoms with Crippen LogP contribution in [0.4, 0.5) is 11.4 Å². The molecule has 32 heavy (non-hydrogen) atoms. The molecule has 0 aliphatic carbocycles. The van der Waals surface area contributed by atoms with E-state index >= 15 is 0 Å². The predicted molar refractivity (Wildman–Crippen MR) is 128 cm³/mol. The Morgan fingerprint density at radius 2 is 1.50 bits per heavy atom. The first-order chi connectivity index (χ1) is 15.7. The Balaban J connectivity index is 1.41. The van der Waals surface area contributed by atoms with E-state index in [0.29, 0.717) is 17.2 Å². The Labute approximate surface area is 192 Å². The molecule has 0 aromatic heterocycles. The number of anilines is 2. The van der Waals surface area contributed by atoms with Crippen LogP contribution in [-0.2, 0) is 6.61 Å². The number of carbonyl (C=O) groups excluding carboxylic acids is 1. The van der Waals surface area contributed by atoms with E-state index in [9.17, 15) is 4.79 Å². The molecule has 0 saturated carbocycles. The topological polar surface area (TPSA) is 41.6 Å². The van der Waals surface area contributed by atoms with Crippen molar-refractivity contribution in [2.24, 2.45) is 0 Å². The molecule has 158 valence electrons. The van der Waals surface area contributed by atoms with Crippen LogP contribution in [0.1, 0.15) is 27.7 Å². The van der Waals surface area contributed by atoms with E-state index in [1.807, 2.05) is 103 Å². The lowest BCUT2D eigenvalue weighted by Crippen LogP contribution is -2.43. The maximum atomic E-state index is 13.4. The number of nitrogens with zero attached hydrogens (tertiary/aromatic N) is 1. The molecule has 1 heterocycles. The number of ether oxygens (including phenoxy) is 1. The molecule has 5 rings (SSSR count). The molecule has 5 heteroatoms. The Morgan fingerprint density at radius 1 is 0.812 bits per heavy atom. The lowest BCUT2D eigenvalue weighted by molar-refractivity contribution is 0.0975. The lowest BCUT2D eigenvalue weighted by atomic mass is 10.0. The zero-order chi connectivity index (χ0) is 21.9. The minimum absolute atomic E-state index is 0.0291. The van der Waals surface area contributed by atoms with Gasteiger partial charge >= 0.3 is 0 Å². The molecule has 0 bridgehead atoms. The second-order valence-electron chi connectivity index (χ2n) is 7.59. The molecule has 1 atom stereocenters. The Bertz CT molecular complexity index is 1220. The molecular formula is C27H21ClN2O2. The van der Waals surface area contributed by atoms with Crippen LogP contribution in [0.25, 0.3) is 0 Å². The number of halogens is 1. The van der Waals surface area contributed by atoms with E-state index in [4.69, 9.17) is 16.3 Å². The summed E-state index contributed by atoms with van der Waals surface area (Å²) in [6, 6.07) is 32.8. The van der Waals surface area contributed by atoms with Gasteiger partial charge in [-0.25, -0.2) is 0 Å². The van der Waals surface area contributed by atoms with Gasteiger partial charge in [0.05, 0.1) is 5.56 Å². The highest BCUT2D eigenvalue weighted by Crippen LogP contribution is 2.36. The van der Waals surface area contributed by atoms with Gasteiger partial charge in [0, 0.05) is 16.4 Å². The summed E-state index contributed by atoms with van der Waals surface area (Å²) >= 11 is 5.94. The predicted octanol–water partition coefficient (Wildman–Crippen LogP) is 6.69. The first-order valence-electron chi connectivity index (χ1n) is 10.4. The highest BCUT2D eigenvalue weighted by atomic mass is 35.5. The number of fused-ring (bicyclic) bond motifs is 1. The average molecular weight is 441 g/mol. The second-order valence-corrected chi connectivity index (χ2v) is 8.02. The number of hydrogen-bond donors (Lipinski definition) is 1. The summed E-state index contributed by atoms with van der Waals surface area (Å²) < 4.78 is 5.92. The zero-order valence-electron chi connectivity index (χ0n) is 17.2. The SMILES string of the molecule is O=C1c2ccccc2N[C@@H](c2ccc(OCc3ccc(Cl)cc3)cc2)N1c1ccccc1. The van der Waals surface area contributed by atoms with Crippen LogP contribution in [0.2, 0.25) is 5.02 Å². The molecule has 0 unspecified atom stereocenters. The molecule has 4 aromatic rings. The molecular weight excluding hydrogens is 420 g/mol. The van der Waals surface area contributed by atoms with E-state index in [-0.39, 0.29) is 12.1 Å². The van der Waals surface area contributed by atoms with E-state index in [2.05, 4.69) is 5.32 Å². The Morgan fingerprint density at radius 3 is 2.25 bits per heavy atom. The molecule has 0 fully saturated rings. The highest BCUT2D eigenvalue weighted by molar-refractivity contribution is 6.30. The van der Waals surface area contributed by atoms with E-state index < -0.39 is 0 Å². The fourth-order valence-electron chi connectivity index (χ4n) is 3.84. The normalized spacial score (nSPS) is 15.1. The van der Waals surface area contributed by atoms with E-state index in [1.165, 1.54) is 0 Å². The van der Waals surface area contributed by atoms with Crippen LogP contribution in [0.5, 0.6) is 5.75 Å². The zero-order valence-corrected chi connectivity index (χ0v) is 18.0. The molecule has 4 aromatic carbocycles. The summed E-state index contributed by atoms with van der Waals surface area (Å²) in [5.74, 6) is 0.733. The summed E-state index contributed by atoms with van der Waals surface area (Å²) in [4.78, 5) is 15.2. The minimum Gasteiger partial charge on any atom is -0.489 e. The summed E-state index contributed by atoms with van der Waals surface area (Å²) in [7, 11) is 0. The smallest absolute Gasteiger partial charge is 0.262 e. The van der Waals surface area contributed by atoms with Crippen LogP contribution in [0.15, 0.2) is 103 Å². The standard InChI is InChI=1S/C27H21ClN2O2/c28-21-14-10-19(11-15-21)18-32-23-16-12-20(13-17-23)26-29-25-9-5-4-8-24(25)27(31)30(26)22-6-2-1-3-7-22/h1-17,26,29H,18H2/t26-/m1/s1. The third-order valence-electron chi connectivity index (χ3n) is 5.48. The largest absolute Gasteiger partial charge is 0.489 e. The Kier molecular flexibility index (Phi) is 5.53. The number of amides is 1. The van der Waals surface area contributed by atoms with Gasteiger partial charge in [0.1, 0.15) is 18.5 Å². The van der Waals surface area contributed by atoms with Crippen LogP contribution in [-0.4, -0.2) is 5.91 Å². The van der Waals surface area contributed by atoms with Crippen molar-refractivity contribution in [2.45, 2.75) is 12.8 Å². The number of rotatable bonds is 5. The van der Waals surface area contributed by atoms with Crippen LogP contribution < -0.4 is 15.0 Å². The van der Waals surface area contributed by atoms with E-state index in [0.717, 1.165) is 28.3 Å². The van der Waals surface area contributed by atoms with Crippen molar-refractivity contribution in [1.29, 1.82) is 0 Å². The second kappa shape index (κ2) is 8.77. The van der Waals surface area contributed by atoms with Gasteiger partial charge in [0.2, 0.25) is 0 Å².